The molecule has 1 N–H and O–H groups in total. The van der Waals surface area contributed by atoms with Crippen LogP contribution >= 0.6 is 12.4 Å². The van der Waals surface area contributed by atoms with Crippen molar-refractivity contribution in [2.24, 2.45) is 5.92 Å². The number of aromatic nitrogens is 3. The van der Waals surface area contributed by atoms with Gasteiger partial charge in [-0.1, -0.05) is 6.42 Å². The topological polar surface area (TPSA) is 63.1 Å². The molecule has 0 radical (unpaired) electrons. The molecule has 2 saturated heterocycles. The summed E-state index contributed by atoms with van der Waals surface area (Å²) in [5.41, 5.74) is 0. The van der Waals surface area contributed by atoms with Gasteiger partial charge in [0.05, 0.1) is 5.92 Å². The minimum absolute atomic E-state index is 0. The smallest absolute Gasteiger partial charge is 0.228 e. The molecule has 128 valence electrons. The molecule has 1 aromatic rings. The van der Waals surface area contributed by atoms with E-state index in [9.17, 15) is 4.79 Å². The highest BCUT2D eigenvalue weighted by Gasteiger charge is 2.34. The van der Waals surface area contributed by atoms with E-state index in [1.54, 1.807) is 0 Å². The lowest BCUT2D eigenvalue weighted by Crippen LogP contribution is -2.53. The maximum Gasteiger partial charge on any atom is 0.228 e. The summed E-state index contributed by atoms with van der Waals surface area (Å²) >= 11 is 0. The second-order valence-electron chi connectivity index (χ2n) is 6.92. The number of hydrogen-bond acceptors (Lipinski definition) is 4. The summed E-state index contributed by atoms with van der Waals surface area (Å²) in [6.07, 6.45) is 7.00. The Labute approximate surface area is 143 Å². The second kappa shape index (κ2) is 7.18. The van der Waals surface area contributed by atoms with E-state index in [0.29, 0.717) is 11.8 Å². The number of nitrogens with one attached hydrogen (secondary N) is 1. The Balaban J connectivity index is 0.00000156. The van der Waals surface area contributed by atoms with Gasteiger partial charge in [-0.05, 0) is 25.7 Å². The number of nitrogens with zero attached hydrogens (tertiary/aromatic N) is 4. The normalized spacial score (nSPS) is 25.0. The van der Waals surface area contributed by atoms with Crippen LogP contribution in [0.3, 0.4) is 0 Å². The fourth-order valence-electron chi connectivity index (χ4n) is 3.92. The van der Waals surface area contributed by atoms with E-state index in [4.69, 9.17) is 0 Å². The minimum atomic E-state index is 0. The van der Waals surface area contributed by atoms with Crippen molar-refractivity contribution in [2.45, 2.75) is 51.0 Å². The molecule has 0 bridgehead atoms. The van der Waals surface area contributed by atoms with Crippen LogP contribution in [0.15, 0.2) is 0 Å². The maximum absolute atomic E-state index is 12.5. The molecular formula is C16H26ClN5O. The first-order chi connectivity index (χ1) is 10.8. The zero-order chi connectivity index (χ0) is 14.9. The van der Waals surface area contributed by atoms with Gasteiger partial charge in [-0.3, -0.25) is 4.79 Å². The van der Waals surface area contributed by atoms with Crippen LogP contribution in [0.4, 0.5) is 0 Å². The van der Waals surface area contributed by atoms with Crippen molar-refractivity contribution in [1.29, 1.82) is 0 Å². The molecular weight excluding hydrogens is 314 g/mol. The highest BCUT2D eigenvalue weighted by atomic mass is 35.5. The highest BCUT2D eigenvalue weighted by molar-refractivity contribution is 5.85. The summed E-state index contributed by atoms with van der Waals surface area (Å²) in [6, 6.07) is 0. The average Bonchev–Trinajstić information content (AvgIpc) is 2.74. The lowest BCUT2D eigenvalue weighted by molar-refractivity contribution is -0.138. The van der Waals surface area contributed by atoms with Crippen LogP contribution < -0.4 is 5.32 Å². The summed E-state index contributed by atoms with van der Waals surface area (Å²) in [6.45, 7) is 4.48. The first kappa shape index (κ1) is 16.7. The summed E-state index contributed by atoms with van der Waals surface area (Å²) in [7, 11) is 0. The van der Waals surface area contributed by atoms with Gasteiger partial charge in [-0.25, -0.2) is 0 Å². The van der Waals surface area contributed by atoms with Gasteiger partial charge in [0.2, 0.25) is 5.91 Å². The monoisotopic (exact) mass is 339 g/mol. The van der Waals surface area contributed by atoms with Crippen LogP contribution in [-0.2, 0) is 17.8 Å². The molecule has 1 unspecified atom stereocenters. The molecule has 1 atom stereocenters. The minimum Gasteiger partial charge on any atom is -0.342 e. The van der Waals surface area contributed by atoms with E-state index in [-0.39, 0.29) is 18.3 Å². The van der Waals surface area contributed by atoms with Gasteiger partial charge in [0.1, 0.15) is 11.6 Å². The molecule has 0 aromatic carbocycles. The largest absolute Gasteiger partial charge is 0.342 e. The van der Waals surface area contributed by atoms with Gasteiger partial charge >= 0.3 is 0 Å². The predicted octanol–water partition coefficient (Wildman–Crippen LogP) is 1.35. The quantitative estimate of drug-likeness (QED) is 0.883. The van der Waals surface area contributed by atoms with Gasteiger partial charge in [-0.2, -0.15) is 0 Å². The van der Waals surface area contributed by atoms with E-state index in [2.05, 4.69) is 25.0 Å². The van der Waals surface area contributed by atoms with Crippen molar-refractivity contribution in [3.63, 3.8) is 0 Å². The first-order valence-corrected chi connectivity index (χ1v) is 8.74. The Morgan fingerprint density at radius 3 is 2.74 bits per heavy atom. The summed E-state index contributed by atoms with van der Waals surface area (Å²) < 4.78 is 2.34. The van der Waals surface area contributed by atoms with E-state index in [0.717, 1.165) is 63.6 Å². The molecule has 3 aliphatic rings. The summed E-state index contributed by atoms with van der Waals surface area (Å²) in [5, 5.41) is 12.1. The molecule has 0 spiro atoms. The summed E-state index contributed by atoms with van der Waals surface area (Å²) in [5.74, 6) is 3.18. The summed E-state index contributed by atoms with van der Waals surface area (Å²) in [4.78, 5) is 14.5. The van der Waals surface area contributed by atoms with Crippen LogP contribution in [0.2, 0.25) is 0 Å². The molecule has 7 heteroatoms. The third kappa shape index (κ3) is 3.24. The average molecular weight is 340 g/mol. The van der Waals surface area contributed by atoms with Gasteiger partial charge in [0.25, 0.3) is 0 Å². The third-order valence-electron chi connectivity index (χ3n) is 5.37. The van der Waals surface area contributed by atoms with Crippen molar-refractivity contribution in [1.82, 2.24) is 25.0 Å². The molecule has 4 rings (SSSR count). The van der Waals surface area contributed by atoms with Crippen LogP contribution in [-0.4, -0.2) is 51.8 Å². The predicted molar refractivity (Wildman–Crippen MR) is 89.7 cm³/mol. The lowest BCUT2D eigenvalue weighted by Gasteiger charge is -2.37. The molecule has 0 saturated carbocycles. The number of rotatable bonds is 2. The second-order valence-corrected chi connectivity index (χ2v) is 6.92. The number of carbonyl (C=O) groups is 1. The highest BCUT2D eigenvalue weighted by Crippen LogP contribution is 2.28. The van der Waals surface area contributed by atoms with Crippen molar-refractivity contribution < 1.29 is 4.79 Å². The zero-order valence-corrected chi connectivity index (χ0v) is 14.4. The van der Waals surface area contributed by atoms with Crippen LogP contribution in [0, 0.1) is 5.92 Å². The van der Waals surface area contributed by atoms with Gasteiger partial charge in [-0.15, -0.1) is 22.6 Å². The van der Waals surface area contributed by atoms with E-state index >= 15 is 0 Å². The fraction of sp³-hybridized carbons (Fsp3) is 0.812. The molecule has 23 heavy (non-hydrogen) atoms. The standard InChI is InChI=1S/C16H25N5O.ClH/c22-16(13-9-17-10-13)20-7-4-5-12(11-20)15-19-18-14-6-2-1-3-8-21(14)15;/h12-13,17H,1-11H2;1H. The molecule has 6 nitrogen and oxygen atoms in total. The van der Waals surface area contributed by atoms with E-state index in [1.165, 1.54) is 19.3 Å². The Morgan fingerprint density at radius 1 is 1.09 bits per heavy atom. The van der Waals surface area contributed by atoms with Gasteiger partial charge in [0, 0.05) is 45.1 Å². The van der Waals surface area contributed by atoms with E-state index in [1.807, 2.05) is 0 Å². The number of carbonyl (C=O) groups excluding carboxylic acids is 1. The number of likely N-dealkylation sites (tertiary alicyclic amines) is 1. The molecule has 2 fully saturated rings. The maximum atomic E-state index is 12.5. The van der Waals surface area contributed by atoms with Crippen molar-refractivity contribution in [3.05, 3.63) is 11.6 Å². The third-order valence-corrected chi connectivity index (χ3v) is 5.37. The number of amides is 1. The van der Waals surface area contributed by atoms with Crippen LogP contribution in [0.25, 0.3) is 0 Å². The van der Waals surface area contributed by atoms with E-state index < -0.39 is 0 Å². The molecule has 1 amide bonds. The lowest BCUT2D eigenvalue weighted by atomic mass is 9.94. The Morgan fingerprint density at radius 2 is 1.96 bits per heavy atom. The van der Waals surface area contributed by atoms with Gasteiger partial charge < -0.3 is 14.8 Å². The van der Waals surface area contributed by atoms with Crippen molar-refractivity contribution in [3.8, 4) is 0 Å². The molecule has 4 heterocycles. The Bertz CT molecular complexity index is 557. The molecule has 0 aliphatic carbocycles. The van der Waals surface area contributed by atoms with Gasteiger partial charge in [0.15, 0.2) is 0 Å². The number of fused-ring (bicyclic) bond motifs is 1. The van der Waals surface area contributed by atoms with Crippen LogP contribution in [0.1, 0.15) is 49.7 Å². The Kier molecular flexibility index (Phi) is 5.21. The molecule has 1 aromatic heterocycles. The SMILES string of the molecule is Cl.O=C(C1CNC1)N1CCCC(c2nnc3n2CCCCC3)C1. The molecule has 3 aliphatic heterocycles. The number of aryl methyl sites for hydroxylation is 1. The van der Waals surface area contributed by atoms with Crippen molar-refractivity contribution >= 4 is 18.3 Å². The van der Waals surface area contributed by atoms with Crippen LogP contribution in [0.5, 0.6) is 0 Å². The number of halogens is 1. The fourth-order valence-corrected chi connectivity index (χ4v) is 3.92. The number of hydrogen-bond donors (Lipinski definition) is 1. The number of piperidine rings is 1. The zero-order valence-electron chi connectivity index (χ0n) is 13.5. The Hall–Kier alpha value is -1.14. The van der Waals surface area contributed by atoms with Crippen molar-refractivity contribution in [2.75, 3.05) is 26.2 Å². The first-order valence-electron chi connectivity index (χ1n) is 8.74.